The molecule has 0 saturated carbocycles. The van der Waals surface area contributed by atoms with Gasteiger partial charge in [-0.2, -0.15) is 0 Å². The van der Waals surface area contributed by atoms with Crippen LogP contribution in [0.25, 0.3) is 17.4 Å². The van der Waals surface area contributed by atoms with Gasteiger partial charge in [-0.3, -0.25) is 19.8 Å². The molecule has 172 valence electrons. The highest BCUT2D eigenvalue weighted by atomic mass is 32.2. The molecule has 1 saturated heterocycles. The predicted molar refractivity (Wildman–Crippen MR) is 129 cm³/mol. The Morgan fingerprint density at radius 2 is 1.85 bits per heavy atom. The maximum atomic E-state index is 12.9. The molecular formula is C24H19N3O6S. The lowest BCUT2D eigenvalue weighted by Gasteiger charge is -2.12. The second-order valence-corrected chi connectivity index (χ2v) is 8.11. The van der Waals surface area contributed by atoms with E-state index >= 15 is 0 Å². The van der Waals surface area contributed by atoms with Crippen LogP contribution in [0.5, 0.6) is 0 Å². The number of hydrogen-bond acceptors (Lipinski definition) is 8. The lowest BCUT2D eigenvalue weighted by molar-refractivity contribution is -0.384. The number of nitro benzene ring substituents is 1. The lowest BCUT2D eigenvalue weighted by atomic mass is 10.1. The van der Waals surface area contributed by atoms with E-state index in [1.54, 1.807) is 59.5 Å². The van der Waals surface area contributed by atoms with Crippen molar-refractivity contribution in [2.24, 2.45) is 4.99 Å². The van der Waals surface area contributed by atoms with Crippen LogP contribution in [0.3, 0.4) is 0 Å². The number of methoxy groups -OCH3 is 1. The normalized spacial score (nSPS) is 15.8. The molecule has 1 aromatic heterocycles. The summed E-state index contributed by atoms with van der Waals surface area (Å²) in [5, 5.41) is 11.4. The fraction of sp³-hybridized carbons (Fsp3) is 0.125. The molecule has 1 amide bonds. The summed E-state index contributed by atoms with van der Waals surface area (Å²) in [7, 11) is 1.32. The van der Waals surface area contributed by atoms with Crippen molar-refractivity contribution >= 4 is 46.3 Å². The Morgan fingerprint density at radius 3 is 2.47 bits per heavy atom. The number of furan rings is 1. The molecule has 4 rings (SSSR count). The number of nitrogens with zero attached hydrogens (tertiary/aromatic N) is 3. The van der Waals surface area contributed by atoms with Crippen LogP contribution in [0, 0.1) is 10.1 Å². The first-order valence-electron chi connectivity index (χ1n) is 10.2. The number of carbonyl (C=O) groups excluding carboxylic acids is 2. The van der Waals surface area contributed by atoms with Gasteiger partial charge in [-0.15, -0.1) is 0 Å². The van der Waals surface area contributed by atoms with Crippen molar-refractivity contribution in [2.45, 2.75) is 6.92 Å². The van der Waals surface area contributed by atoms with Gasteiger partial charge in [-0.05, 0) is 67.2 Å². The highest BCUT2D eigenvalue weighted by Crippen LogP contribution is 2.35. The second kappa shape index (κ2) is 9.75. The van der Waals surface area contributed by atoms with Crippen molar-refractivity contribution in [3.63, 3.8) is 0 Å². The van der Waals surface area contributed by atoms with Crippen molar-refractivity contribution in [3.05, 3.63) is 87.0 Å². The van der Waals surface area contributed by atoms with Gasteiger partial charge in [0.2, 0.25) is 0 Å². The molecule has 34 heavy (non-hydrogen) atoms. The average molecular weight is 477 g/mol. The largest absolute Gasteiger partial charge is 0.465 e. The molecule has 0 aliphatic carbocycles. The van der Waals surface area contributed by atoms with Gasteiger partial charge in [0.25, 0.3) is 11.6 Å². The number of ether oxygens (including phenoxy) is 1. The van der Waals surface area contributed by atoms with Crippen LogP contribution in [-0.2, 0) is 9.53 Å². The minimum absolute atomic E-state index is 0.00277. The maximum absolute atomic E-state index is 12.9. The first-order valence-corrected chi connectivity index (χ1v) is 11.0. The maximum Gasteiger partial charge on any atom is 0.337 e. The van der Waals surface area contributed by atoms with Gasteiger partial charge < -0.3 is 9.15 Å². The van der Waals surface area contributed by atoms with E-state index in [9.17, 15) is 19.7 Å². The Balaban J connectivity index is 1.55. The quantitative estimate of drug-likeness (QED) is 0.206. The summed E-state index contributed by atoms with van der Waals surface area (Å²) in [6.45, 7) is 2.30. The lowest BCUT2D eigenvalue weighted by Crippen LogP contribution is -2.28. The summed E-state index contributed by atoms with van der Waals surface area (Å²) in [5.41, 5.74) is 1.70. The summed E-state index contributed by atoms with van der Waals surface area (Å²) in [4.78, 5) is 41.4. The number of thioether (sulfide) groups is 1. The monoisotopic (exact) mass is 477 g/mol. The fourth-order valence-corrected chi connectivity index (χ4v) is 4.28. The van der Waals surface area contributed by atoms with E-state index in [4.69, 9.17) is 9.15 Å². The number of rotatable bonds is 6. The van der Waals surface area contributed by atoms with Gasteiger partial charge in [-0.1, -0.05) is 0 Å². The number of carbonyl (C=O) groups is 2. The van der Waals surface area contributed by atoms with Gasteiger partial charge in [0.1, 0.15) is 11.5 Å². The predicted octanol–water partition coefficient (Wildman–Crippen LogP) is 5.27. The molecule has 1 fully saturated rings. The number of benzene rings is 2. The third-order valence-electron chi connectivity index (χ3n) is 4.98. The van der Waals surface area contributed by atoms with E-state index in [-0.39, 0.29) is 11.6 Å². The Hall–Kier alpha value is -4.18. The second-order valence-electron chi connectivity index (χ2n) is 7.10. The summed E-state index contributed by atoms with van der Waals surface area (Å²) in [6.07, 6.45) is 1.65. The van der Waals surface area contributed by atoms with Crippen molar-refractivity contribution in [3.8, 4) is 11.3 Å². The number of amidine groups is 1. The van der Waals surface area contributed by atoms with Crippen molar-refractivity contribution in [2.75, 3.05) is 13.7 Å². The van der Waals surface area contributed by atoms with Crippen LogP contribution in [0.1, 0.15) is 23.0 Å². The SMILES string of the molecule is CCN1C(=O)C(=Cc2ccc(-c3ccc([N+](=O)[O-])cc3)o2)SC1=Nc1ccc(C(=O)OC)cc1. The molecule has 10 heteroatoms. The van der Waals surface area contributed by atoms with Crippen LogP contribution >= 0.6 is 11.8 Å². The molecular weight excluding hydrogens is 458 g/mol. The molecule has 1 aliphatic heterocycles. The van der Waals surface area contributed by atoms with Crippen LogP contribution in [0.15, 0.2) is 75.0 Å². The molecule has 0 spiro atoms. The van der Waals surface area contributed by atoms with Crippen LogP contribution in [0.4, 0.5) is 11.4 Å². The first kappa shape index (κ1) is 23.0. The smallest absolute Gasteiger partial charge is 0.337 e. The van der Waals surface area contributed by atoms with E-state index in [1.165, 1.54) is 31.0 Å². The van der Waals surface area contributed by atoms with Crippen molar-refractivity contribution in [1.82, 2.24) is 4.90 Å². The van der Waals surface area contributed by atoms with E-state index < -0.39 is 10.9 Å². The molecule has 0 bridgehead atoms. The highest BCUT2D eigenvalue weighted by Gasteiger charge is 2.32. The van der Waals surface area contributed by atoms with E-state index in [0.717, 1.165) is 0 Å². The zero-order valence-corrected chi connectivity index (χ0v) is 19.1. The average Bonchev–Trinajstić information content (AvgIpc) is 3.43. The molecule has 0 unspecified atom stereocenters. The third kappa shape index (κ3) is 4.76. The third-order valence-corrected chi connectivity index (χ3v) is 5.99. The van der Waals surface area contributed by atoms with Crippen LogP contribution < -0.4 is 0 Å². The Kier molecular flexibility index (Phi) is 6.60. The van der Waals surface area contributed by atoms with Gasteiger partial charge >= 0.3 is 5.97 Å². The summed E-state index contributed by atoms with van der Waals surface area (Å²) >= 11 is 1.23. The first-order chi connectivity index (χ1) is 16.4. The molecule has 0 radical (unpaired) electrons. The Labute approximate surface area is 198 Å². The van der Waals surface area contributed by atoms with Gasteiger partial charge in [0.15, 0.2) is 5.17 Å². The Bertz CT molecular complexity index is 1310. The van der Waals surface area contributed by atoms with E-state index in [0.29, 0.717) is 45.0 Å². The number of amides is 1. The topological polar surface area (TPSA) is 115 Å². The molecule has 2 aromatic carbocycles. The number of nitro groups is 1. The minimum atomic E-state index is -0.462. The molecule has 1 aliphatic rings. The fourth-order valence-electron chi connectivity index (χ4n) is 3.23. The molecule has 2 heterocycles. The molecule has 3 aromatic rings. The van der Waals surface area contributed by atoms with Crippen molar-refractivity contribution < 1.29 is 23.7 Å². The number of likely N-dealkylation sites (N-methyl/N-ethyl adjacent to an activating group) is 1. The number of aliphatic imine (C=N–C) groups is 1. The number of non-ortho nitro benzene ring substituents is 1. The van der Waals surface area contributed by atoms with Gasteiger partial charge in [0.05, 0.1) is 28.2 Å². The Morgan fingerprint density at radius 1 is 1.15 bits per heavy atom. The number of esters is 1. The van der Waals surface area contributed by atoms with Crippen LogP contribution in [-0.4, -0.2) is 40.5 Å². The standard InChI is InChI=1S/C24H19N3O6S/c1-3-26-22(28)21(34-24(26)25-17-8-4-16(5-9-17)23(29)32-2)14-19-12-13-20(33-19)15-6-10-18(11-7-15)27(30)31/h4-14H,3H2,1-2H3. The van der Waals surface area contributed by atoms with Crippen LogP contribution in [0.2, 0.25) is 0 Å². The molecule has 0 atom stereocenters. The highest BCUT2D eigenvalue weighted by molar-refractivity contribution is 8.18. The zero-order chi connectivity index (χ0) is 24.2. The van der Waals surface area contributed by atoms with Crippen molar-refractivity contribution in [1.29, 1.82) is 0 Å². The zero-order valence-electron chi connectivity index (χ0n) is 18.3. The number of hydrogen-bond donors (Lipinski definition) is 0. The van der Waals surface area contributed by atoms with E-state index in [2.05, 4.69) is 4.99 Å². The minimum Gasteiger partial charge on any atom is -0.465 e. The van der Waals surface area contributed by atoms with E-state index in [1.807, 2.05) is 6.92 Å². The summed E-state index contributed by atoms with van der Waals surface area (Å²) < 4.78 is 10.5. The molecule has 0 N–H and O–H groups in total. The summed E-state index contributed by atoms with van der Waals surface area (Å²) in [6, 6.07) is 16.1. The van der Waals surface area contributed by atoms with Gasteiger partial charge in [-0.25, -0.2) is 9.79 Å². The summed E-state index contributed by atoms with van der Waals surface area (Å²) in [5.74, 6) is 0.385. The molecule has 9 nitrogen and oxygen atoms in total. The van der Waals surface area contributed by atoms with Gasteiger partial charge in [0, 0.05) is 30.3 Å².